The largest absolute Gasteiger partial charge is 0.479 e. The Labute approximate surface area is 197 Å². The van der Waals surface area contributed by atoms with E-state index in [1.54, 1.807) is 0 Å². The van der Waals surface area contributed by atoms with Gasteiger partial charge in [-0.1, -0.05) is 48.5 Å². The molecule has 2 atom stereocenters. The zero-order valence-electron chi connectivity index (χ0n) is 19.0. The fourth-order valence-corrected chi connectivity index (χ4v) is 4.96. The van der Waals surface area contributed by atoms with Crippen LogP contribution in [0.4, 0.5) is 4.79 Å². The number of carboxylic acid groups (broad SMARTS) is 1. The fraction of sp³-hybridized carbons (Fsp3) is 0.423. The second kappa shape index (κ2) is 8.76. The van der Waals surface area contributed by atoms with Gasteiger partial charge in [-0.2, -0.15) is 0 Å². The van der Waals surface area contributed by atoms with E-state index in [1.165, 1.54) is 11.8 Å². The number of nitrogens with one attached hydrogen (secondary N) is 1. The van der Waals surface area contributed by atoms with Crippen LogP contribution in [0.15, 0.2) is 48.5 Å². The number of alkyl carbamates (subject to hydrolysis) is 1. The number of ether oxygens (including phenoxy) is 2. The standard InChI is InChI=1S/C26H28N2O6/c1-26(24(30)31)15-28(12-13-34-26)23(29)22(16-10-11-16)27-25(32)33-14-21-19-8-4-2-6-17(19)18-7-3-5-9-20(18)21/h2-9,16,21-22H,10-15H2,1H3,(H,27,32)(H,30,31). The first-order valence-electron chi connectivity index (χ1n) is 11.6. The Hall–Kier alpha value is -3.39. The number of nitrogens with zero attached hydrogens (tertiary/aromatic N) is 1. The van der Waals surface area contributed by atoms with Gasteiger partial charge in [-0.25, -0.2) is 9.59 Å². The number of hydrogen-bond donors (Lipinski definition) is 2. The first-order valence-corrected chi connectivity index (χ1v) is 11.6. The number of benzene rings is 2. The highest BCUT2D eigenvalue weighted by atomic mass is 16.5. The molecule has 2 aliphatic carbocycles. The van der Waals surface area contributed by atoms with Crippen molar-refractivity contribution in [3.8, 4) is 11.1 Å². The molecule has 2 amide bonds. The average Bonchev–Trinajstić information content (AvgIpc) is 3.63. The van der Waals surface area contributed by atoms with Crippen LogP contribution in [0.3, 0.4) is 0 Å². The van der Waals surface area contributed by atoms with Gasteiger partial charge in [0.05, 0.1) is 13.2 Å². The minimum Gasteiger partial charge on any atom is -0.479 e. The molecule has 2 fully saturated rings. The number of fused-ring (bicyclic) bond motifs is 3. The number of carbonyl (C=O) groups is 3. The number of rotatable bonds is 6. The van der Waals surface area contributed by atoms with Crippen LogP contribution in [-0.4, -0.2) is 65.9 Å². The van der Waals surface area contributed by atoms with Crippen molar-refractivity contribution in [3.63, 3.8) is 0 Å². The van der Waals surface area contributed by atoms with Crippen LogP contribution in [0, 0.1) is 5.92 Å². The topological polar surface area (TPSA) is 105 Å². The van der Waals surface area contributed by atoms with E-state index < -0.39 is 23.7 Å². The second-order valence-corrected chi connectivity index (χ2v) is 9.43. The summed E-state index contributed by atoms with van der Waals surface area (Å²) in [6.45, 7) is 1.99. The van der Waals surface area contributed by atoms with Gasteiger partial charge < -0.3 is 24.8 Å². The molecule has 2 N–H and O–H groups in total. The molecule has 0 aromatic heterocycles. The molecule has 2 aromatic carbocycles. The van der Waals surface area contributed by atoms with Crippen LogP contribution in [0.2, 0.25) is 0 Å². The molecule has 0 radical (unpaired) electrons. The summed E-state index contributed by atoms with van der Waals surface area (Å²) in [7, 11) is 0. The van der Waals surface area contributed by atoms with Gasteiger partial charge >= 0.3 is 12.1 Å². The normalized spacial score (nSPS) is 22.4. The predicted molar refractivity (Wildman–Crippen MR) is 123 cm³/mol. The molecule has 1 saturated heterocycles. The molecule has 0 bridgehead atoms. The summed E-state index contributed by atoms with van der Waals surface area (Å²) in [6.07, 6.45) is 1.03. The van der Waals surface area contributed by atoms with Gasteiger partial charge in [-0.15, -0.1) is 0 Å². The third-order valence-corrected chi connectivity index (χ3v) is 7.01. The van der Waals surface area contributed by atoms with Crippen LogP contribution >= 0.6 is 0 Å². The van der Waals surface area contributed by atoms with Crippen molar-refractivity contribution in [2.75, 3.05) is 26.3 Å². The second-order valence-electron chi connectivity index (χ2n) is 9.43. The van der Waals surface area contributed by atoms with Crippen molar-refractivity contribution in [3.05, 3.63) is 59.7 Å². The van der Waals surface area contributed by atoms with Crippen LogP contribution in [0.25, 0.3) is 11.1 Å². The van der Waals surface area contributed by atoms with Crippen LogP contribution in [0.1, 0.15) is 36.8 Å². The van der Waals surface area contributed by atoms with Gasteiger partial charge in [0.2, 0.25) is 5.91 Å². The van der Waals surface area contributed by atoms with Crippen LogP contribution < -0.4 is 5.32 Å². The Morgan fingerprint density at radius 3 is 2.32 bits per heavy atom. The highest BCUT2D eigenvalue weighted by molar-refractivity contribution is 5.88. The number of aliphatic carboxylic acids is 1. The van der Waals surface area contributed by atoms with E-state index >= 15 is 0 Å². The molecule has 178 valence electrons. The number of carboxylic acids is 1. The minimum atomic E-state index is -1.45. The van der Waals surface area contributed by atoms with E-state index in [0.717, 1.165) is 35.1 Å². The maximum absolute atomic E-state index is 13.2. The molecule has 3 aliphatic rings. The van der Waals surface area contributed by atoms with Crippen molar-refractivity contribution in [2.24, 2.45) is 5.92 Å². The number of amides is 2. The summed E-state index contributed by atoms with van der Waals surface area (Å²) in [4.78, 5) is 39.0. The summed E-state index contributed by atoms with van der Waals surface area (Å²) in [5.41, 5.74) is 3.07. The highest BCUT2D eigenvalue weighted by Crippen LogP contribution is 2.44. The Kier molecular flexibility index (Phi) is 5.77. The molecule has 2 unspecified atom stereocenters. The van der Waals surface area contributed by atoms with Crippen molar-refractivity contribution < 1.29 is 29.0 Å². The van der Waals surface area contributed by atoms with E-state index in [-0.39, 0.29) is 44.0 Å². The molecule has 5 rings (SSSR count). The number of morpholine rings is 1. The summed E-state index contributed by atoms with van der Waals surface area (Å²) in [5, 5.41) is 12.2. The first kappa shape index (κ1) is 22.4. The predicted octanol–water partition coefficient (Wildman–Crippen LogP) is 3.01. The van der Waals surface area contributed by atoms with Gasteiger partial charge in [-0.05, 0) is 47.9 Å². The van der Waals surface area contributed by atoms with E-state index in [0.29, 0.717) is 0 Å². The lowest BCUT2D eigenvalue weighted by atomic mass is 9.98. The lowest BCUT2D eigenvalue weighted by molar-refractivity contribution is -0.177. The Morgan fingerprint density at radius 2 is 1.74 bits per heavy atom. The molecule has 8 nitrogen and oxygen atoms in total. The third kappa shape index (κ3) is 4.14. The molecule has 8 heteroatoms. The molecular formula is C26H28N2O6. The van der Waals surface area contributed by atoms with Crippen molar-refractivity contribution in [1.82, 2.24) is 10.2 Å². The minimum absolute atomic E-state index is 0.0342. The Balaban J connectivity index is 1.25. The maximum atomic E-state index is 13.2. The Morgan fingerprint density at radius 1 is 1.12 bits per heavy atom. The van der Waals surface area contributed by atoms with E-state index in [4.69, 9.17) is 9.47 Å². The lowest BCUT2D eigenvalue weighted by Crippen LogP contribution is -2.60. The van der Waals surface area contributed by atoms with Crippen molar-refractivity contribution in [2.45, 2.75) is 37.3 Å². The van der Waals surface area contributed by atoms with Crippen LogP contribution in [0.5, 0.6) is 0 Å². The zero-order valence-corrected chi connectivity index (χ0v) is 19.0. The Bertz CT molecular complexity index is 1080. The highest BCUT2D eigenvalue weighted by Gasteiger charge is 2.45. The van der Waals surface area contributed by atoms with Crippen molar-refractivity contribution in [1.29, 1.82) is 0 Å². The molecule has 0 spiro atoms. The van der Waals surface area contributed by atoms with E-state index in [1.807, 2.05) is 24.3 Å². The summed E-state index contributed by atoms with van der Waals surface area (Å²) < 4.78 is 11.0. The summed E-state index contributed by atoms with van der Waals surface area (Å²) >= 11 is 0. The third-order valence-electron chi connectivity index (χ3n) is 7.01. The molecule has 2 aromatic rings. The first-order chi connectivity index (χ1) is 16.4. The zero-order chi connectivity index (χ0) is 23.9. The smallest absolute Gasteiger partial charge is 0.407 e. The van der Waals surface area contributed by atoms with Crippen molar-refractivity contribution >= 4 is 18.0 Å². The lowest BCUT2D eigenvalue weighted by Gasteiger charge is -2.39. The van der Waals surface area contributed by atoms with E-state index in [2.05, 4.69) is 29.6 Å². The summed E-state index contributed by atoms with van der Waals surface area (Å²) in [5.74, 6) is -1.43. The molecular weight excluding hydrogens is 436 g/mol. The van der Waals surface area contributed by atoms with Gasteiger partial charge in [0.15, 0.2) is 5.60 Å². The van der Waals surface area contributed by atoms with Gasteiger partial charge in [-0.3, -0.25) is 4.79 Å². The average molecular weight is 465 g/mol. The quantitative estimate of drug-likeness (QED) is 0.681. The number of hydrogen-bond acceptors (Lipinski definition) is 5. The molecule has 1 aliphatic heterocycles. The van der Waals surface area contributed by atoms with Gasteiger partial charge in [0.1, 0.15) is 12.6 Å². The summed E-state index contributed by atoms with van der Waals surface area (Å²) in [6, 6.07) is 15.5. The van der Waals surface area contributed by atoms with Crippen LogP contribution in [-0.2, 0) is 19.1 Å². The fourth-order valence-electron chi connectivity index (χ4n) is 4.96. The number of carbonyl (C=O) groups excluding carboxylic acids is 2. The molecule has 1 saturated carbocycles. The monoisotopic (exact) mass is 464 g/mol. The molecule has 1 heterocycles. The van der Waals surface area contributed by atoms with Gasteiger partial charge in [0.25, 0.3) is 0 Å². The SMILES string of the molecule is CC1(C(=O)O)CN(C(=O)C(NC(=O)OCC2c3ccccc3-c3ccccc32)C2CC2)CCO1. The maximum Gasteiger partial charge on any atom is 0.407 e. The molecule has 34 heavy (non-hydrogen) atoms. The van der Waals surface area contributed by atoms with Gasteiger partial charge in [0, 0.05) is 12.5 Å². The van der Waals surface area contributed by atoms with E-state index in [9.17, 15) is 19.5 Å².